The van der Waals surface area contributed by atoms with E-state index in [2.05, 4.69) is 22.9 Å². The van der Waals surface area contributed by atoms with Crippen LogP contribution in [0.25, 0.3) is 17.0 Å². The average molecular weight is 548 g/mol. The summed E-state index contributed by atoms with van der Waals surface area (Å²) < 4.78 is 2.22. The van der Waals surface area contributed by atoms with E-state index >= 15 is 0 Å². The summed E-state index contributed by atoms with van der Waals surface area (Å²) in [6.07, 6.45) is 4.11. The molecular formula is C33H26ClN3OS. The number of carbonyl (C=O) groups is 1. The van der Waals surface area contributed by atoms with E-state index in [1.165, 1.54) is 17.3 Å². The van der Waals surface area contributed by atoms with Crippen LogP contribution in [0, 0.1) is 13.8 Å². The van der Waals surface area contributed by atoms with E-state index in [0.29, 0.717) is 16.6 Å². The van der Waals surface area contributed by atoms with E-state index < -0.39 is 0 Å². The summed E-state index contributed by atoms with van der Waals surface area (Å²) in [5.74, 6) is -0.0794. The van der Waals surface area contributed by atoms with Gasteiger partial charge in [-0.1, -0.05) is 77.3 Å². The van der Waals surface area contributed by atoms with Gasteiger partial charge in [-0.2, -0.15) is 0 Å². The molecule has 39 heavy (non-hydrogen) atoms. The number of amides is 1. The zero-order valence-corrected chi connectivity index (χ0v) is 23.2. The molecule has 0 saturated carbocycles. The molecule has 0 unspecified atom stereocenters. The van der Waals surface area contributed by atoms with Crippen molar-refractivity contribution in [1.82, 2.24) is 4.57 Å². The molecule has 1 aliphatic rings. The number of amidine groups is 1. The molecule has 0 N–H and O–H groups in total. The predicted molar refractivity (Wildman–Crippen MR) is 165 cm³/mol. The van der Waals surface area contributed by atoms with E-state index in [0.717, 1.165) is 44.0 Å². The summed E-state index contributed by atoms with van der Waals surface area (Å²) in [6, 6.07) is 32.2. The van der Waals surface area contributed by atoms with E-state index in [-0.39, 0.29) is 5.91 Å². The Hall–Kier alpha value is -4.06. The molecule has 192 valence electrons. The van der Waals surface area contributed by atoms with Gasteiger partial charge in [0.2, 0.25) is 0 Å². The van der Waals surface area contributed by atoms with Crippen LogP contribution in [0.1, 0.15) is 22.3 Å². The number of para-hydroxylation sites is 1. The Morgan fingerprint density at radius 1 is 0.846 bits per heavy atom. The summed E-state index contributed by atoms with van der Waals surface area (Å²) in [6.45, 7) is 4.79. The minimum Gasteiger partial charge on any atom is -0.342 e. The van der Waals surface area contributed by atoms with Crippen molar-refractivity contribution in [3.8, 4) is 0 Å². The molecule has 1 fully saturated rings. The quantitative estimate of drug-likeness (QED) is 0.206. The number of anilines is 1. The Morgan fingerprint density at radius 3 is 2.23 bits per heavy atom. The van der Waals surface area contributed by atoms with Gasteiger partial charge in [0.05, 0.1) is 16.3 Å². The molecule has 2 heterocycles. The van der Waals surface area contributed by atoms with Gasteiger partial charge in [0.1, 0.15) is 0 Å². The molecule has 0 bridgehead atoms. The maximum atomic E-state index is 13.9. The molecule has 1 amide bonds. The molecule has 6 heteroatoms. The third-order valence-corrected chi connectivity index (χ3v) is 7.95. The monoisotopic (exact) mass is 547 g/mol. The first kappa shape index (κ1) is 25.2. The lowest BCUT2D eigenvalue weighted by Crippen LogP contribution is -2.28. The molecular weight excluding hydrogens is 522 g/mol. The van der Waals surface area contributed by atoms with E-state index in [1.54, 1.807) is 4.90 Å². The Labute approximate surface area is 237 Å². The van der Waals surface area contributed by atoms with Crippen molar-refractivity contribution >= 4 is 62.8 Å². The minimum absolute atomic E-state index is 0.0794. The van der Waals surface area contributed by atoms with Gasteiger partial charge in [-0.05, 0) is 79.7 Å². The van der Waals surface area contributed by atoms with Crippen LogP contribution in [-0.4, -0.2) is 15.6 Å². The molecule has 1 saturated heterocycles. The molecule has 5 aromatic rings. The average Bonchev–Trinajstić information content (AvgIpc) is 3.44. The van der Waals surface area contributed by atoms with Crippen LogP contribution >= 0.6 is 23.4 Å². The smallest absolute Gasteiger partial charge is 0.271 e. The van der Waals surface area contributed by atoms with Crippen LogP contribution in [0.3, 0.4) is 0 Å². The topological polar surface area (TPSA) is 37.6 Å². The molecule has 0 aliphatic carbocycles. The van der Waals surface area contributed by atoms with Gasteiger partial charge in [-0.25, -0.2) is 4.99 Å². The fourth-order valence-electron chi connectivity index (χ4n) is 4.65. The number of thioether (sulfide) groups is 1. The first-order chi connectivity index (χ1) is 18.9. The fraction of sp³-hybridized carbons (Fsp3) is 0.0909. The number of rotatable bonds is 5. The summed E-state index contributed by atoms with van der Waals surface area (Å²) in [4.78, 5) is 21.1. The molecule has 4 aromatic carbocycles. The van der Waals surface area contributed by atoms with Crippen molar-refractivity contribution in [2.45, 2.75) is 20.4 Å². The molecule has 0 spiro atoms. The standard InChI is InChI=1S/C33H26ClN3OS/c1-22-7-15-27(16-8-22)35-33-37(28-17-9-23(2)10-18-28)32(38)31(39-33)19-25-21-36(30-6-4-3-5-29(25)30)20-24-11-13-26(34)14-12-24/h3-19,21H,20H2,1-2H3/b31-19+,35-33?. The van der Waals surface area contributed by atoms with E-state index in [9.17, 15) is 4.79 Å². The Morgan fingerprint density at radius 2 is 1.51 bits per heavy atom. The van der Waals surface area contributed by atoms with Crippen molar-refractivity contribution in [2.75, 3.05) is 4.90 Å². The molecule has 1 aliphatic heterocycles. The number of nitrogens with zero attached hydrogens (tertiary/aromatic N) is 3. The van der Waals surface area contributed by atoms with Crippen LogP contribution < -0.4 is 4.90 Å². The number of aliphatic imine (C=N–C) groups is 1. The van der Waals surface area contributed by atoms with Crippen molar-refractivity contribution in [3.05, 3.63) is 135 Å². The molecule has 4 nitrogen and oxygen atoms in total. The SMILES string of the molecule is Cc1ccc(N=C2S/C(=C/c3cn(Cc4ccc(Cl)cc4)c4ccccc34)C(=O)N2c2ccc(C)cc2)cc1. The van der Waals surface area contributed by atoms with Gasteiger partial charge in [0.15, 0.2) is 5.17 Å². The van der Waals surface area contributed by atoms with Crippen LogP contribution in [0.2, 0.25) is 5.02 Å². The number of fused-ring (bicyclic) bond motifs is 1. The number of hydrogen-bond acceptors (Lipinski definition) is 3. The van der Waals surface area contributed by atoms with Gasteiger partial charge < -0.3 is 4.57 Å². The highest BCUT2D eigenvalue weighted by atomic mass is 35.5. The molecule has 1 aromatic heterocycles. The highest BCUT2D eigenvalue weighted by Gasteiger charge is 2.35. The zero-order valence-electron chi connectivity index (χ0n) is 21.6. The Balaban J connectivity index is 1.41. The lowest BCUT2D eigenvalue weighted by Gasteiger charge is -2.16. The first-order valence-corrected chi connectivity index (χ1v) is 13.9. The number of aryl methyl sites for hydroxylation is 2. The lowest BCUT2D eigenvalue weighted by atomic mass is 10.1. The molecule has 0 radical (unpaired) electrons. The lowest BCUT2D eigenvalue weighted by molar-refractivity contribution is -0.113. The Bertz CT molecular complexity index is 1730. The second-order valence-electron chi connectivity index (χ2n) is 9.67. The fourth-order valence-corrected chi connectivity index (χ4v) is 5.77. The number of hydrogen-bond donors (Lipinski definition) is 0. The maximum absolute atomic E-state index is 13.9. The van der Waals surface area contributed by atoms with Gasteiger partial charge in [0.25, 0.3) is 5.91 Å². The van der Waals surface area contributed by atoms with Crippen molar-refractivity contribution in [1.29, 1.82) is 0 Å². The third-order valence-electron chi connectivity index (χ3n) is 6.73. The van der Waals surface area contributed by atoms with Gasteiger partial charge in [-0.15, -0.1) is 0 Å². The Kier molecular flexibility index (Phi) is 6.86. The zero-order chi connectivity index (χ0) is 26.9. The number of carbonyl (C=O) groups excluding carboxylic acids is 1. The second-order valence-corrected chi connectivity index (χ2v) is 11.1. The molecule has 0 atom stereocenters. The van der Waals surface area contributed by atoms with Gasteiger partial charge in [-0.3, -0.25) is 9.69 Å². The minimum atomic E-state index is -0.0794. The number of aromatic nitrogens is 1. The summed E-state index contributed by atoms with van der Waals surface area (Å²) in [5.41, 5.74) is 7.18. The van der Waals surface area contributed by atoms with Crippen molar-refractivity contribution in [3.63, 3.8) is 0 Å². The normalized spacial score (nSPS) is 15.7. The van der Waals surface area contributed by atoms with E-state index in [4.69, 9.17) is 16.6 Å². The first-order valence-electron chi connectivity index (χ1n) is 12.7. The van der Waals surface area contributed by atoms with Crippen LogP contribution in [0.5, 0.6) is 0 Å². The highest BCUT2D eigenvalue weighted by Crippen LogP contribution is 2.38. The van der Waals surface area contributed by atoms with Crippen LogP contribution in [-0.2, 0) is 11.3 Å². The van der Waals surface area contributed by atoms with E-state index in [1.807, 2.05) is 105 Å². The van der Waals surface area contributed by atoms with Crippen molar-refractivity contribution in [2.24, 2.45) is 4.99 Å². The number of halogens is 1. The summed E-state index contributed by atoms with van der Waals surface area (Å²) in [5, 5.41) is 2.46. The highest BCUT2D eigenvalue weighted by molar-refractivity contribution is 8.19. The third kappa shape index (κ3) is 5.29. The van der Waals surface area contributed by atoms with Gasteiger partial charge >= 0.3 is 0 Å². The van der Waals surface area contributed by atoms with Crippen molar-refractivity contribution < 1.29 is 4.79 Å². The second kappa shape index (κ2) is 10.6. The molecule has 6 rings (SSSR count). The van der Waals surface area contributed by atoms with Crippen LogP contribution in [0.4, 0.5) is 11.4 Å². The predicted octanol–water partition coefficient (Wildman–Crippen LogP) is 8.77. The van der Waals surface area contributed by atoms with Gasteiger partial charge in [0, 0.05) is 34.2 Å². The largest absolute Gasteiger partial charge is 0.342 e. The maximum Gasteiger partial charge on any atom is 0.271 e. The number of benzene rings is 4. The van der Waals surface area contributed by atoms with Crippen LogP contribution in [0.15, 0.2) is 113 Å². The summed E-state index contributed by atoms with van der Waals surface area (Å²) in [7, 11) is 0. The summed E-state index contributed by atoms with van der Waals surface area (Å²) >= 11 is 7.50.